The highest BCUT2D eigenvalue weighted by molar-refractivity contribution is 6.31. The average Bonchev–Trinajstić information content (AvgIpc) is 2.76. The summed E-state index contributed by atoms with van der Waals surface area (Å²) in [5.74, 6) is 0.956. The second-order valence-corrected chi connectivity index (χ2v) is 7.69. The van der Waals surface area contributed by atoms with E-state index in [0.29, 0.717) is 24.5 Å². The number of rotatable bonds is 4. The predicted molar refractivity (Wildman–Crippen MR) is 116 cm³/mol. The van der Waals surface area contributed by atoms with E-state index in [1.54, 1.807) is 0 Å². The standard InChI is InChI=1S/C23H23ClN4O/c1-17-6-8-18(9-7-17)21-10-11-22(26-25-21)27-12-14-28(15-13-27)23(29)16-19-4-2-3-5-20(19)24/h2-11H,12-16H2,1H3. The van der Waals surface area contributed by atoms with Gasteiger partial charge in [-0.1, -0.05) is 59.6 Å². The maximum absolute atomic E-state index is 12.6. The molecule has 1 aliphatic rings. The lowest BCUT2D eigenvalue weighted by Gasteiger charge is -2.35. The second kappa shape index (κ2) is 8.62. The zero-order valence-corrected chi connectivity index (χ0v) is 17.1. The lowest BCUT2D eigenvalue weighted by atomic mass is 10.1. The number of carbonyl (C=O) groups excluding carboxylic acids is 1. The van der Waals surface area contributed by atoms with Crippen LogP contribution < -0.4 is 4.90 Å². The summed E-state index contributed by atoms with van der Waals surface area (Å²) in [7, 11) is 0. The number of nitrogens with zero attached hydrogens (tertiary/aromatic N) is 4. The van der Waals surface area contributed by atoms with E-state index in [4.69, 9.17) is 11.6 Å². The maximum Gasteiger partial charge on any atom is 0.227 e. The first kappa shape index (κ1) is 19.4. The SMILES string of the molecule is Cc1ccc(-c2ccc(N3CCN(C(=O)Cc4ccccc4Cl)CC3)nn2)cc1. The van der Waals surface area contributed by atoms with Crippen LogP contribution in [0.2, 0.25) is 5.02 Å². The van der Waals surface area contributed by atoms with Gasteiger partial charge in [0.05, 0.1) is 12.1 Å². The molecule has 2 aromatic carbocycles. The minimum atomic E-state index is 0.110. The van der Waals surface area contributed by atoms with E-state index in [9.17, 15) is 4.79 Å². The lowest BCUT2D eigenvalue weighted by Crippen LogP contribution is -2.49. The van der Waals surface area contributed by atoms with E-state index in [-0.39, 0.29) is 5.91 Å². The predicted octanol–water partition coefficient (Wildman–Crippen LogP) is 4.00. The normalized spacial score (nSPS) is 14.1. The summed E-state index contributed by atoms with van der Waals surface area (Å²) < 4.78 is 0. The Kier molecular flexibility index (Phi) is 5.76. The molecule has 0 aliphatic carbocycles. The van der Waals surface area contributed by atoms with Crippen LogP contribution in [0, 0.1) is 6.92 Å². The maximum atomic E-state index is 12.6. The summed E-state index contributed by atoms with van der Waals surface area (Å²) in [5, 5.41) is 9.43. The van der Waals surface area contributed by atoms with Gasteiger partial charge in [-0.25, -0.2) is 0 Å². The Morgan fingerprint density at radius 1 is 0.931 bits per heavy atom. The molecule has 5 nitrogen and oxygen atoms in total. The lowest BCUT2D eigenvalue weighted by molar-refractivity contribution is -0.130. The monoisotopic (exact) mass is 406 g/mol. The molecule has 0 radical (unpaired) electrons. The smallest absolute Gasteiger partial charge is 0.227 e. The first-order valence-electron chi connectivity index (χ1n) is 9.77. The molecule has 0 unspecified atom stereocenters. The topological polar surface area (TPSA) is 49.3 Å². The van der Waals surface area contributed by atoms with Gasteiger partial charge in [0.1, 0.15) is 0 Å². The number of hydrogen-bond donors (Lipinski definition) is 0. The summed E-state index contributed by atoms with van der Waals surface area (Å²) in [6.45, 7) is 4.90. The van der Waals surface area contributed by atoms with E-state index < -0.39 is 0 Å². The third-order valence-electron chi connectivity index (χ3n) is 5.25. The third kappa shape index (κ3) is 4.57. The molecule has 4 rings (SSSR count). The van der Waals surface area contributed by atoms with Crippen LogP contribution in [0.5, 0.6) is 0 Å². The van der Waals surface area contributed by atoms with Crippen LogP contribution in [0.15, 0.2) is 60.7 Å². The largest absolute Gasteiger partial charge is 0.352 e. The first-order valence-corrected chi connectivity index (χ1v) is 10.1. The summed E-state index contributed by atoms with van der Waals surface area (Å²) in [6.07, 6.45) is 0.338. The summed E-state index contributed by atoms with van der Waals surface area (Å²) in [5.41, 5.74) is 4.02. The molecule has 1 aliphatic heterocycles. The van der Waals surface area contributed by atoms with E-state index in [1.165, 1.54) is 5.56 Å². The molecule has 6 heteroatoms. The molecule has 0 N–H and O–H groups in total. The molecule has 1 aromatic heterocycles. The Balaban J connectivity index is 1.35. The summed E-state index contributed by atoms with van der Waals surface area (Å²) in [4.78, 5) is 16.7. The Morgan fingerprint density at radius 2 is 1.66 bits per heavy atom. The molecule has 1 fully saturated rings. The van der Waals surface area contributed by atoms with Gasteiger partial charge in [0.2, 0.25) is 5.91 Å². The van der Waals surface area contributed by atoms with E-state index in [2.05, 4.69) is 46.3 Å². The molecule has 148 valence electrons. The van der Waals surface area contributed by atoms with Crippen molar-refractivity contribution in [2.75, 3.05) is 31.1 Å². The molecular weight excluding hydrogens is 384 g/mol. The molecule has 29 heavy (non-hydrogen) atoms. The summed E-state index contributed by atoms with van der Waals surface area (Å²) >= 11 is 6.18. The van der Waals surface area contributed by atoms with Crippen molar-refractivity contribution in [3.8, 4) is 11.3 Å². The van der Waals surface area contributed by atoms with Gasteiger partial charge in [0, 0.05) is 36.8 Å². The Labute approximate surface area is 175 Å². The van der Waals surface area contributed by atoms with Gasteiger partial charge >= 0.3 is 0 Å². The van der Waals surface area contributed by atoms with Crippen LogP contribution in [0.25, 0.3) is 11.3 Å². The number of hydrogen-bond acceptors (Lipinski definition) is 4. The molecule has 3 aromatic rings. The molecular formula is C23H23ClN4O. The number of carbonyl (C=O) groups is 1. The highest BCUT2D eigenvalue weighted by Crippen LogP contribution is 2.21. The van der Waals surface area contributed by atoms with Gasteiger partial charge < -0.3 is 9.80 Å². The van der Waals surface area contributed by atoms with Crippen molar-refractivity contribution in [2.45, 2.75) is 13.3 Å². The fraction of sp³-hybridized carbons (Fsp3) is 0.261. The highest BCUT2D eigenvalue weighted by atomic mass is 35.5. The third-order valence-corrected chi connectivity index (χ3v) is 5.62. The average molecular weight is 407 g/mol. The van der Waals surface area contributed by atoms with Crippen molar-refractivity contribution < 1.29 is 4.79 Å². The summed E-state index contributed by atoms with van der Waals surface area (Å²) in [6, 6.07) is 19.8. The fourth-order valence-electron chi connectivity index (χ4n) is 3.47. The second-order valence-electron chi connectivity index (χ2n) is 7.28. The molecule has 1 saturated heterocycles. The zero-order chi connectivity index (χ0) is 20.2. The number of aromatic nitrogens is 2. The number of anilines is 1. The molecule has 1 amide bonds. The van der Waals surface area contributed by atoms with Gasteiger partial charge in [-0.15, -0.1) is 10.2 Å². The van der Waals surface area contributed by atoms with E-state index >= 15 is 0 Å². The van der Waals surface area contributed by atoms with Crippen LogP contribution in [-0.2, 0) is 11.2 Å². The number of aryl methyl sites for hydroxylation is 1. The van der Waals surface area contributed by atoms with Crippen LogP contribution in [0.4, 0.5) is 5.82 Å². The minimum absolute atomic E-state index is 0.110. The molecule has 0 atom stereocenters. The van der Waals surface area contributed by atoms with Crippen LogP contribution in [0.1, 0.15) is 11.1 Å². The molecule has 0 saturated carbocycles. The van der Waals surface area contributed by atoms with Gasteiger partial charge in [0.25, 0.3) is 0 Å². The molecule has 0 bridgehead atoms. The van der Waals surface area contributed by atoms with Crippen molar-refractivity contribution in [1.82, 2.24) is 15.1 Å². The number of piperazine rings is 1. The van der Waals surface area contributed by atoms with Crippen molar-refractivity contribution in [3.05, 3.63) is 76.8 Å². The van der Waals surface area contributed by atoms with Gasteiger partial charge in [-0.3, -0.25) is 4.79 Å². The van der Waals surface area contributed by atoms with Gasteiger partial charge in [-0.2, -0.15) is 0 Å². The van der Waals surface area contributed by atoms with Crippen molar-refractivity contribution in [2.24, 2.45) is 0 Å². The van der Waals surface area contributed by atoms with Crippen LogP contribution >= 0.6 is 11.6 Å². The minimum Gasteiger partial charge on any atom is -0.352 e. The van der Waals surface area contributed by atoms with Crippen molar-refractivity contribution in [1.29, 1.82) is 0 Å². The zero-order valence-electron chi connectivity index (χ0n) is 16.4. The molecule has 0 spiro atoms. The van der Waals surface area contributed by atoms with E-state index in [1.807, 2.05) is 41.3 Å². The molecule has 2 heterocycles. The van der Waals surface area contributed by atoms with E-state index in [0.717, 1.165) is 35.7 Å². The Hall–Kier alpha value is -2.92. The first-order chi connectivity index (χ1) is 14.1. The van der Waals surface area contributed by atoms with Crippen molar-refractivity contribution in [3.63, 3.8) is 0 Å². The van der Waals surface area contributed by atoms with Crippen molar-refractivity contribution >= 4 is 23.3 Å². The fourth-order valence-corrected chi connectivity index (χ4v) is 3.68. The number of halogens is 1. The number of amides is 1. The highest BCUT2D eigenvalue weighted by Gasteiger charge is 2.22. The number of benzene rings is 2. The quantitative estimate of drug-likeness (QED) is 0.657. The van der Waals surface area contributed by atoms with Crippen LogP contribution in [0.3, 0.4) is 0 Å². The van der Waals surface area contributed by atoms with Gasteiger partial charge in [-0.05, 0) is 30.7 Å². The Morgan fingerprint density at radius 3 is 2.31 bits per heavy atom. The van der Waals surface area contributed by atoms with Crippen LogP contribution in [-0.4, -0.2) is 47.2 Å². The Bertz CT molecular complexity index is 981. The van der Waals surface area contributed by atoms with Gasteiger partial charge in [0.15, 0.2) is 5.82 Å².